The third-order valence-corrected chi connectivity index (χ3v) is 2.84. The molecule has 0 bridgehead atoms. The lowest BCUT2D eigenvalue weighted by atomic mass is 10.0. The van der Waals surface area contributed by atoms with E-state index in [0.29, 0.717) is 10.8 Å². The number of halogens is 2. The van der Waals surface area contributed by atoms with Crippen molar-refractivity contribution in [2.45, 2.75) is 31.3 Å². The Balaban J connectivity index is 2.46. The molecule has 2 N–H and O–H groups in total. The lowest BCUT2D eigenvalue weighted by Gasteiger charge is -2.22. The monoisotopic (exact) mass is 262 g/mol. The number of ether oxygens (including phenoxy) is 1. The maximum Gasteiger partial charge on any atom is 0.330 e. The van der Waals surface area contributed by atoms with Gasteiger partial charge >= 0.3 is 5.69 Å². The highest BCUT2D eigenvalue weighted by Gasteiger charge is 2.47. The van der Waals surface area contributed by atoms with Crippen molar-refractivity contribution < 1.29 is 18.6 Å². The van der Waals surface area contributed by atoms with Crippen LogP contribution in [0.5, 0.6) is 0 Å². The van der Waals surface area contributed by atoms with Gasteiger partial charge in [0.2, 0.25) is 5.82 Å². The van der Waals surface area contributed by atoms with Crippen LogP contribution in [0.3, 0.4) is 0 Å². The van der Waals surface area contributed by atoms with Gasteiger partial charge in [-0.25, -0.2) is 9.18 Å². The van der Waals surface area contributed by atoms with Crippen LogP contribution >= 0.6 is 0 Å². The van der Waals surface area contributed by atoms with Crippen molar-refractivity contribution in [3.8, 4) is 0 Å². The highest BCUT2D eigenvalue weighted by Crippen LogP contribution is 2.39. The van der Waals surface area contributed by atoms with E-state index in [1.807, 2.05) is 0 Å². The average molecular weight is 262 g/mol. The van der Waals surface area contributed by atoms with Gasteiger partial charge in [0.1, 0.15) is 0 Å². The standard InChI is InChI=1S/C10H12F2N2O4/c1-10(12)2-5(4-15)18-8(10)14-3-6(11)7(16)13-9(14)17/h3,5,8,15H,2,4H2,1H3,(H,13,16,17)/t5-,8+,10+/m0/s1. The number of aliphatic hydroxyl groups excluding tert-OH is 1. The SMILES string of the molecule is C[C@@]1(F)C[C@@H](CO)O[C@H]1n1cc(F)c(=O)[nH]c1=O. The summed E-state index contributed by atoms with van der Waals surface area (Å²) in [7, 11) is 0. The molecule has 0 spiro atoms. The summed E-state index contributed by atoms with van der Waals surface area (Å²) in [6.07, 6.45) is -1.68. The first kappa shape index (κ1) is 12.9. The Hall–Kier alpha value is -1.54. The predicted molar refractivity (Wildman–Crippen MR) is 56.4 cm³/mol. The number of hydrogen-bond donors (Lipinski definition) is 2. The topological polar surface area (TPSA) is 84.3 Å². The second-order valence-electron chi connectivity index (χ2n) is 4.42. The van der Waals surface area contributed by atoms with Crippen LogP contribution in [-0.2, 0) is 4.74 Å². The summed E-state index contributed by atoms with van der Waals surface area (Å²) < 4.78 is 33.1. The molecule has 0 unspecified atom stereocenters. The summed E-state index contributed by atoms with van der Waals surface area (Å²) in [6, 6.07) is 0. The number of H-pyrrole nitrogens is 1. The first-order valence-corrected chi connectivity index (χ1v) is 5.31. The number of rotatable bonds is 2. The van der Waals surface area contributed by atoms with Gasteiger partial charge in [0.25, 0.3) is 5.56 Å². The van der Waals surface area contributed by atoms with E-state index in [9.17, 15) is 18.4 Å². The zero-order chi connectivity index (χ0) is 13.5. The molecule has 1 fully saturated rings. The molecule has 3 atom stereocenters. The minimum absolute atomic E-state index is 0.124. The molecular weight excluding hydrogens is 250 g/mol. The smallest absolute Gasteiger partial charge is 0.330 e. The second kappa shape index (κ2) is 4.29. The van der Waals surface area contributed by atoms with Crippen LogP contribution in [0.2, 0.25) is 0 Å². The zero-order valence-corrected chi connectivity index (χ0v) is 9.52. The Bertz CT molecular complexity index is 566. The van der Waals surface area contributed by atoms with Crippen molar-refractivity contribution in [3.05, 3.63) is 32.9 Å². The van der Waals surface area contributed by atoms with Gasteiger partial charge in [0, 0.05) is 6.42 Å². The molecule has 1 aromatic heterocycles. The predicted octanol–water partition coefficient (Wildman–Crippen LogP) is -0.316. The Morgan fingerprint density at radius 2 is 2.33 bits per heavy atom. The van der Waals surface area contributed by atoms with Gasteiger partial charge in [-0.15, -0.1) is 0 Å². The second-order valence-corrected chi connectivity index (χ2v) is 4.42. The van der Waals surface area contributed by atoms with E-state index in [1.165, 1.54) is 6.92 Å². The Labute approximate surface area is 99.8 Å². The third-order valence-electron chi connectivity index (χ3n) is 2.84. The van der Waals surface area contributed by atoms with Crippen LogP contribution in [0.4, 0.5) is 8.78 Å². The van der Waals surface area contributed by atoms with E-state index >= 15 is 0 Å². The van der Waals surface area contributed by atoms with Crippen molar-refractivity contribution in [1.29, 1.82) is 0 Å². The van der Waals surface area contributed by atoms with Gasteiger partial charge in [-0.05, 0) is 6.92 Å². The van der Waals surface area contributed by atoms with E-state index in [0.717, 1.165) is 0 Å². The molecule has 8 heteroatoms. The van der Waals surface area contributed by atoms with Crippen molar-refractivity contribution >= 4 is 0 Å². The van der Waals surface area contributed by atoms with Gasteiger partial charge < -0.3 is 9.84 Å². The maximum atomic E-state index is 14.2. The number of nitrogens with one attached hydrogen (secondary N) is 1. The summed E-state index contributed by atoms with van der Waals surface area (Å²) in [5.41, 5.74) is -4.08. The van der Waals surface area contributed by atoms with E-state index in [-0.39, 0.29) is 6.42 Å². The van der Waals surface area contributed by atoms with Gasteiger partial charge in [0.05, 0.1) is 18.9 Å². The lowest BCUT2D eigenvalue weighted by Crippen LogP contribution is -2.39. The van der Waals surface area contributed by atoms with Crippen LogP contribution < -0.4 is 11.2 Å². The van der Waals surface area contributed by atoms with Gasteiger partial charge in [-0.1, -0.05) is 0 Å². The quantitative estimate of drug-likeness (QED) is 0.765. The van der Waals surface area contributed by atoms with Crippen LogP contribution in [0.15, 0.2) is 15.8 Å². The molecule has 1 aromatic rings. The molecule has 18 heavy (non-hydrogen) atoms. The summed E-state index contributed by atoms with van der Waals surface area (Å²) in [5.74, 6) is -1.21. The number of hydrogen-bond acceptors (Lipinski definition) is 4. The molecule has 1 aliphatic rings. The van der Waals surface area contributed by atoms with Crippen LogP contribution in [0.25, 0.3) is 0 Å². The number of aromatic amines is 1. The molecule has 0 radical (unpaired) electrons. The first-order chi connectivity index (χ1) is 8.35. The fraction of sp³-hybridized carbons (Fsp3) is 0.600. The molecule has 0 saturated carbocycles. The van der Waals surface area contributed by atoms with Gasteiger partial charge in [0.15, 0.2) is 11.9 Å². The molecular formula is C10H12F2N2O4. The van der Waals surface area contributed by atoms with Crippen LogP contribution in [0.1, 0.15) is 19.6 Å². The minimum atomic E-state index is -1.94. The van der Waals surface area contributed by atoms with Crippen molar-refractivity contribution in [3.63, 3.8) is 0 Å². The highest BCUT2D eigenvalue weighted by molar-refractivity contribution is 4.96. The van der Waals surface area contributed by atoms with Crippen molar-refractivity contribution in [2.75, 3.05) is 6.61 Å². The average Bonchev–Trinajstić information content (AvgIpc) is 2.59. The molecule has 2 rings (SSSR count). The van der Waals surface area contributed by atoms with E-state index in [2.05, 4.69) is 0 Å². The molecule has 0 amide bonds. The first-order valence-electron chi connectivity index (χ1n) is 5.31. The fourth-order valence-corrected chi connectivity index (χ4v) is 2.02. The van der Waals surface area contributed by atoms with Gasteiger partial charge in [-0.3, -0.25) is 14.3 Å². The van der Waals surface area contributed by atoms with E-state index in [4.69, 9.17) is 9.84 Å². The summed E-state index contributed by atoms with van der Waals surface area (Å²) in [6.45, 7) is 0.777. The van der Waals surface area contributed by atoms with E-state index in [1.54, 1.807) is 4.98 Å². The Kier molecular flexibility index (Phi) is 3.07. The molecule has 2 heterocycles. The molecule has 0 aromatic carbocycles. The molecule has 6 nitrogen and oxygen atoms in total. The number of nitrogens with zero attached hydrogens (tertiary/aromatic N) is 1. The molecule has 1 aliphatic heterocycles. The molecule has 1 saturated heterocycles. The summed E-state index contributed by atoms with van der Waals surface area (Å²) in [4.78, 5) is 24.1. The van der Waals surface area contributed by atoms with Crippen LogP contribution in [-0.4, -0.2) is 33.0 Å². The zero-order valence-electron chi connectivity index (χ0n) is 9.52. The minimum Gasteiger partial charge on any atom is -0.394 e. The number of aromatic nitrogens is 2. The fourth-order valence-electron chi connectivity index (χ4n) is 2.02. The normalized spacial score (nSPS) is 31.8. The maximum absolute atomic E-state index is 14.2. The summed E-state index contributed by atoms with van der Waals surface area (Å²) in [5, 5.41) is 8.92. The number of alkyl halides is 1. The highest BCUT2D eigenvalue weighted by atomic mass is 19.1. The largest absolute Gasteiger partial charge is 0.394 e. The summed E-state index contributed by atoms with van der Waals surface area (Å²) >= 11 is 0. The number of aliphatic hydroxyl groups is 1. The Morgan fingerprint density at radius 1 is 1.67 bits per heavy atom. The molecule has 0 aliphatic carbocycles. The van der Waals surface area contributed by atoms with Crippen LogP contribution in [0, 0.1) is 5.82 Å². The van der Waals surface area contributed by atoms with Crippen molar-refractivity contribution in [2.24, 2.45) is 0 Å². The third kappa shape index (κ3) is 2.08. The lowest BCUT2D eigenvalue weighted by molar-refractivity contribution is -0.0615. The molecule has 100 valence electrons. The Morgan fingerprint density at radius 3 is 2.89 bits per heavy atom. The van der Waals surface area contributed by atoms with Gasteiger partial charge in [-0.2, -0.15) is 4.39 Å². The van der Waals surface area contributed by atoms with E-state index < -0.39 is 41.7 Å². The van der Waals surface area contributed by atoms with Crippen molar-refractivity contribution in [1.82, 2.24) is 9.55 Å².